The fraction of sp³-hybridized carbons (Fsp3) is 0.200. The number of nitrogens with zero attached hydrogens (tertiary/aromatic N) is 1. The van der Waals surface area contributed by atoms with Crippen LogP contribution in [0.4, 0.5) is 5.69 Å². The van der Waals surface area contributed by atoms with Gasteiger partial charge in [0, 0.05) is 11.6 Å². The van der Waals surface area contributed by atoms with Gasteiger partial charge in [0.1, 0.15) is 13.1 Å². The number of fused-ring (bicyclic) bond motifs is 1. The topological polar surface area (TPSA) is 78.2 Å². The molecule has 0 aromatic heterocycles. The number of nitrogens with two attached hydrogens (primary N) is 1. The van der Waals surface area contributed by atoms with E-state index in [0.29, 0.717) is 6.54 Å². The minimum atomic E-state index is -0.344. The van der Waals surface area contributed by atoms with Crippen LogP contribution in [0.1, 0.15) is 11.1 Å². The van der Waals surface area contributed by atoms with Crippen molar-refractivity contribution in [3.05, 3.63) is 63.7 Å². The molecule has 6 nitrogen and oxygen atoms in total. The van der Waals surface area contributed by atoms with Crippen LogP contribution >= 0.6 is 0 Å². The van der Waals surface area contributed by atoms with Crippen molar-refractivity contribution < 1.29 is 19.7 Å². The Hall–Kier alpha value is -2.60. The lowest BCUT2D eigenvalue weighted by molar-refractivity contribution is -0.686. The van der Waals surface area contributed by atoms with E-state index < -0.39 is 0 Å². The summed E-state index contributed by atoms with van der Waals surface area (Å²) in [6.45, 7) is 1.55. The second kappa shape index (κ2) is 5.80. The number of benzene rings is 2. The molecule has 0 bridgehead atoms. The summed E-state index contributed by atoms with van der Waals surface area (Å²) in [5, 5.41) is 13.0. The van der Waals surface area contributed by atoms with Crippen LogP contribution in [0.15, 0.2) is 42.5 Å². The van der Waals surface area contributed by atoms with E-state index in [4.69, 9.17) is 9.47 Å². The zero-order valence-corrected chi connectivity index (χ0v) is 11.3. The molecule has 0 amide bonds. The van der Waals surface area contributed by atoms with Crippen LogP contribution in [-0.2, 0) is 13.1 Å². The third kappa shape index (κ3) is 2.95. The van der Waals surface area contributed by atoms with E-state index in [1.54, 1.807) is 12.1 Å². The lowest BCUT2D eigenvalue weighted by Crippen LogP contribution is -2.80. The normalized spacial score (nSPS) is 12.4. The molecule has 0 atom stereocenters. The Morgan fingerprint density at radius 3 is 2.76 bits per heavy atom. The molecule has 1 aliphatic rings. The molecular formula is C15H15N2O4+. The lowest BCUT2D eigenvalue weighted by atomic mass is 10.1. The molecule has 0 spiro atoms. The van der Waals surface area contributed by atoms with Crippen LogP contribution in [0.3, 0.4) is 0 Å². The molecule has 3 rings (SSSR count). The first-order valence-electron chi connectivity index (χ1n) is 6.66. The molecule has 2 N–H and O–H groups in total. The van der Waals surface area contributed by atoms with E-state index >= 15 is 0 Å². The Morgan fingerprint density at radius 1 is 1.10 bits per heavy atom. The molecule has 0 fully saturated rings. The molecule has 2 aromatic carbocycles. The van der Waals surface area contributed by atoms with E-state index in [1.807, 2.05) is 29.6 Å². The van der Waals surface area contributed by atoms with Crippen molar-refractivity contribution in [3.63, 3.8) is 0 Å². The van der Waals surface area contributed by atoms with Crippen molar-refractivity contribution in [2.24, 2.45) is 0 Å². The first kappa shape index (κ1) is 13.4. The molecular weight excluding hydrogens is 272 g/mol. The van der Waals surface area contributed by atoms with Crippen molar-refractivity contribution in [2.45, 2.75) is 13.1 Å². The Morgan fingerprint density at radius 2 is 1.90 bits per heavy atom. The summed E-state index contributed by atoms with van der Waals surface area (Å²) < 4.78 is 10.6. The van der Waals surface area contributed by atoms with E-state index in [9.17, 15) is 10.1 Å². The lowest BCUT2D eigenvalue weighted by Gasteiger charge is -2.04. The number of hydrogen-bond acceptors (Lipinski definition) is 4. The second-order valence-electron chi connectivity index (χ2n) is 4.77. The van der Waals surface area contributed by atoms with Crippen molar-refractivity contribution in [1.82, 2.24) is 0 Å². The largest absolute Gasteiger partial charge is 0.454 e. The quantitative estimate of drug-likeness (QED) is 0.669. The summed E-state index contributed by atoms with van der Waals surface area (Å²) in [6, 6.07) is 12.6. The van der Waals surface area contributed by atoms with Crippen LogP contribution in [-0.4, -0.2) is 11.7 Å². The van der Waals surface area contributed by atoms with E-state index in [0.717, 1.165) is 29.2 Å². The zero-order chi connectivity index (χ0) is 14.7. The number of nitro benzene ring substituents is 1. The molecule has 21 heavy (non-hydrogen) atoms. The van der Waals surface area contributed by atoms with Crippen LogP contribution in [0.2, 0.25) is 0 Å². The van der Waals surface area contributed by atoms with Gasteiger partial charge in [0.15, 0.2) is 11.5 Å². The molecule has 0 saturated carbocycles. The highest BCUT2D eigenvalue weighted by atomic mass is 16.7. The Bertz CT molecular complexity index is 672. The van der Waals surface area contributed by atoms with E-state index in [-0.39, 0.29) is 17.4 Å². The minimum Gasteiger partial charge on any atom is -0.454 e. The summed E-state index contributed by atoms with van der Waals surface area (Å²) in [6.07, 6.45) is 0. The van der Waals surface area contributed by atoms with Gasteiger partial charge in [0.05, 0.1) is 10.5 Å². The van der Waals surface area contributed by atoms with Crippen LogP contribution in [0.5, 0.6) is 11.5 Å². The van der Waals surface area contributed by atoms with Gasteiger partial charge >= 0.3 is 0 Å². The predicted octanol–water partition coefficient (Wildman–Crippen LogP) is 1.59. The van der Waals surface area contributed by atoms with Crippen LogP contribution < -0.4 is 14.8 Å². The Balaban J connectivity index is 1.63. The molecule has 0 aliphatic carbocycles. The molecule has 1 aliphatic heterocycles. The second-order valence-corrected chi connectivity index (χ2v) is 4.77. The van der Waals surface area contributed by atoms with Crippen LogP contribution in [0.25, 0.3) is 0 Å². The van der Waals surface area contributed by atoms with Gasteiger partial charge in [-0.15, -0.1) is 0 Å². The average Bonchev–Trinajstić information content (AvgIpc) is 2.95. The number of rotatable bonds is 5. The maximum Gasteiger partial charge on any atom is 0.278 e. The third-order valence-corrected chi connectivity index (χ3v) is 3.37. The smallest absolute Gasteiger partial charge is 0.278 e. The van der Waals surface area contributed by atoms with Crippen molar-refractivity contribution in [1.29, 1.82) is 0 Å². The van der Waals surface area contributed by atoms with Gasteiger partial charge in [-0.2, -0.15) is 0 Å². The molecule has 6 heteroatoms. The fourth-order valence-electron chi connectivity index (χ4n) is 2.32. The molecule has 0 radical (unpaired) electrons. The highest BCUT2D eigenvalue weighted by Crippen LogP contribution is 2.32. The Kier molecular flexibility index (Phi) is 3.70. The average molecular weight is 287 g/mol. The molecule has 2 aromatic rings. The monoisotopic (exact) mass is 287 g/mol. The van der Waals surface area contributed by atoms with Crippen LogP contribution in [0, 0.1) is 10.1 Å². The van der Waals surface area contributed by atoms with Crippen molar-refractivity contribution in [3.8, 4) is 11.5 Å². The summed E-state index contributed by atoms with van der Waals surface area (Å²) in [7, 11) is 0. The first-order valence-corrected chi connectivity index (χ1v) is 6.66. The van der Waals surface area contributed by atoms with Crippen molar-refractivity contribution in [2.75, 3.05) is 6.79 Å². The SMILES string of the molecule is O=[N+]([O-])c1ccccc1C[NH2+]Cc1ccc2c(c1)OCO2. The van der Waals surface area contributed by atoms with E-state index in [2.05, 4.69) is 0 Å². The highest BCUT2D eigenvalue weighted by Gasteiger charge is 2.15. The molecule has 0 saturated heterocycles. The van der Waals surface area contributed by atoms with Gasteiger partial charge in [-0.3, -0.25) is 10.1 Å². The van der Waals surface area contributed by atoms with Gasteiger partial charge < -0.3 is 14.8 Å². The molecule has 1 heterocycles. The maximum atomic E-state index is 10.9. The highest BCUT2D eigenvalue weighted by molar-refractivity contribution is 5.44. The maximum absolute atomic E-state index is 10.9. The summed E-state index contributed by atoms with van der Waals surface area (Å²) in [4.78, 5) is 10.6. The standard InChI is InChI=1S/C15H14N2O4/c18-17(19)13-4-2-1-3-12(13)9-16-8-11-5-6-14-15(7-11)21-10-20-14/h1-7,16H,8-10H2/p+1. The summed E-state index contributed by atoms with van der Waals surface area (Å²) in [5.74, 6) is 1.52. The molecule has 108 valence electrons. The van der Waals surface area contributed by atoms with Gasteiger partial charge in [-0.05, 0) is 24.3 Å². The number of quaternary nitrogens is 1. The number of para-hydroxylation sites is 1. The van der Waals surface area contributed by atoms with Crippen molar-refractivity contribution >= 4 is 5.69 Å². The number of nitro groups is 1. The van der Waals surface area contributed by atoms with Gasteiger partial charge in [-0.25, -0.2) is 0 Å². The number of ether oxygens (including phenoxy) is 2. The van der Waals surface area contributed by atoms with E-state index in [1.165, 1.54) is 6.07 Å². The van der Waals surface area contributed by atoms with Gasteiger partial charge in [0.2, 0.25) is 6.79 Å². The molecule has 0 unspecified atom stereocenters. The Labute approximate surface area is 121 Å². The zero-order valence-electron chi connectivity index (χ0n) is 11.3. The number of hydrogen-bond donors (Lipinski definition) is 1. The van der Waals surface area contributed by atoms with Gasteiger partial charge in [-0.1, -0.05) is 12.1 Å². The summed E-state index contributed by atoms with van der Waals surface area (Å²) >= 11 is 0. The fourth-order valence-corrected chi connectivity index (χ4v) is 2.32. The minimum absolute atomic E-state index is 0.166. The van der Waals surface area contributed by atoms with Gasteiger partial charge in [0.25, 0.3) is 5.69 Å². The first-order chi connectivity index (χ1) is 10.2. The predicted molar refractivity (Wildman–Crippen MR) is 75.0 cm³/mol. The summed E-state index contributed by atoms with van der Waals surface area (Å²) in [5.41, 5.74) is 1.99. The third-order valence-electron chi connectivity index (χ3n) is 3.37.